The molecule has 22 heavy (non-hydrogen) atoms. The molecule has 0 aliphatic heterocycles. The van der Waals surface area contributed by atoms with E-state index in [-0.39, 0.29) is 18.1 Å². The summed E-state index contributed by atoms with van der Waals surface area (Å²) < 4.78 is 14.2. The highest BCUT2D eigenvalue weighted by molar-refractivity contribution is 7.22. The molecule has 1 aromatic heterocycles. The van der Waals surface area contributed by atoms with E-state index < -0.39 is 0 Å². The summed E-state index contributed by atoms with van der Waals surface area (Å²) >= 11 is 1.45. The zero-order chi connectivity index (χ0) is 15.7. The van der Waals surface area contributed by atoms with Crippen LogP contribution in [-0.4, -0.2) is 10.9 Å². The number of amides is 1. The van der Waals surface area contributed by atoms with Gasteiger partial charge in [-0.3, -0.25) is 4.79 Å². The summed E-state index contributed by atoms with van der Waals surface area (Å²) in [6, 6.07) is 10.2. The topological polar surface area (TPSA) is 42.0 Å². The van der Waals surface area contributed by atoms with Gasteiger partial charge in [-0.25, -0.2) is 9.37 Å². The molecule has 0 atom stereocenters. The molecular weight excluding hydrogens is 299 g/mol. The average Bonchev–Trinajstić information content (AvgIpc) is 2.81. The highest BCUT2D eigenvalue weighted by Crippen LogP contribution is 2.29. The number of nitrogens with one attached hydrogen (secondary N) is 1. The van der Waals surface area contributed by atoms with Crippen LogP contribution in [0.2, 0.25) is 0 Å². The molecule has 1 heterocycles. The molecule has 1 N–H and O–H groups in total. The molecule has 0 aliphatic rings. The highest BCUT2D eigenvalue weighted by atomic mass is 32.1. The summed E-state index contributed by atoms with van der Waals surface area (Å²) in [6.45, 7) is 4.04. The predicted octanol–water partition coefficient (Wildman–Crippen LogP) is 4.23. The molecule has 0 saturated carbocycles. The maximum Gasteiger partial charge on any atom is 0.230 e. The molecule has 1 amide bonds. The minimum Gasteiger partial charge on any atom is -0.302 e. The number of carbonyl (C=O) groups excluding carboxylic acids is 1. The SMILES string of the molecule is Cc1cc(C)c2nc(NC(=O)Cc3cccc(F)c3)sc2c1. The van der Waals surface area contributed by atoms with Crippen LogP contribution in [0, 0.1) is 19.7 Å². The van der Waals surface area contributed by atoms with Gasteiger partial charge in [-0.2, -0.15) is 0 Å². The number of benzene rings is 2. The quantitative estimate of drug-likeness (QED) is 0.786. The van der Waals surface area contributed by atoms with Crippen molar-refractivity contribution in [1.82, 2.24) is 4.98 Å². The van der Waals surface area contributed by atoms with Crippen molar-refractivity contribution >= 4 is 32.6 Å². The largest absolute Gasteiger partial charge is 0.302 e. The first kappa shape index (κ1) is 14.7. The molecule has 0 aliphatic carbocycles. The number of aryl methyl sites for hydroxylation is 2. The zero-order valence-corrected chi connectivity index (χ0v) is 13.1. The van der Waals surface area contributed by atoms with Gasteiger partial charge in [-0.1, -0.05) is 29.5 Å². The molecule has 3 rings (SSSR count). The number of aromatic nitrogens is 1. The monoisotopic (exact) mass is 314 g/mol. The Kier molecular flexibility index (Phi) is 3.90. The fourth-order valence-electron chi connectivity index (χ4n) is 2.42. The number of fused-ring (bicyclic) bond motifs is 1. The lowest BCUT2D eigenvalue weighted by Gasteiger charge is -2.01. The third-order valence-corrected chi connectivity index (χ3v) is 4.25. The van der Waals surface area contributed by atoms with Gasteiger partial charge in [-0.15, -0.1) is 0 Å². The van der Waals surface area contributed by atoms with E-state index in [0.29, 0.717) is 10.7 Å². The van der Waals surface area contributed by atoms with Gasteiger partial charge in [0.05, 0.1) is 16.6 Å². The summed E-state index contributed by atoms with van der Waals surface area (Å²) in [6.07, 6.45) is 0.131. The fraction of sp³-hybridized carbons (Fsp3) is 0.176. The second kappa shape index (κ2) is 5.85. The van der Waals surface area contributed by atoms with E-state index in [4.69, 9.17) is 0 Å². The van der Waals surface area contributed by atoms with Gasteiger partial charge < -0.3 is 5.32 Å². The van der Waals surface area contributed by atoms with Crippen molar-refractivity contribution in [2.45, 2.75) is 20.3 Å². The number of nitrogens with zero attached hydrogens (tertiary/aromatic N) is 1. The number of hydrogen-bond acceptors (Lipinski definition) is 3. The van der Waals surface area contributed by atoms with E-state index in [9.17, 15) is 9.18 Å². The second-order valence-electron chi connectivity index (χ2n) is 5.30. The molecule has 0 unspecified atom stereocenters. The minimum absolute atomic E-state index is 0.131. The van der Waals surface area contributed by atoms with Gasteiger partial charge in [0.15, 0.2) is 5.13 Å². The molecule has 0 saturated heterocycles. The van der Waals surface area contributed by atoms with Gasteiger partial charge in [0.25, 0.3) is 0 Å². The Bertz CT molecular complexity index is 857. The Morgan fingerprint density at radius 3 is 2.86 bits per heavy atom. The number of anilines is 1. The first-order valence-electron chi connectivity index (χ1n) is 6.93. The van der Waals surface area contributed by atoms with Gasteiger partial charge >= 0.3 is 0 Å². The fourth-order valence-corrected chi connectivity index (χ4v) is 3.48. The van der Waals surface area contributed by atoms with Crippen LogP contribution < -0.4 is 5.32 Å². The van der Waals surface area contributed by atoms with Crippen LogP contribution in [0.4, 0.5) is 9.52 Å². The normalized spacial score (nSPS) is 10.9. The second-order valence-corrected chi connectivity index (χ2v) is 6.33. The Balaban J connectivity index is 1.78. The maximum absolute atomic E-state index is 13.1. The van der Waals surface area contributed by atoms with Crippen molar-refractivity contribution in [3.05, 3.63) is 58.9 Å². The third-order valence-electron chi connectivity index (χ3n) is 3.33. The van der Waals surface area contributed by atoms with Crippen molar-refractivity contribution < 1.29 is 9.18 Å². The van der Waals surface area contributed by atoms with E-state index in [0.717, 1.165) is 15.8 Å². The van der Waals surface area contributed by atoms with Gasteiger partial charge in [0, 0.05) is 0 Å². The van der Waals surface area contributed by atoms with E-state index in [2.05, 4.69) is 22.4 Å². The Labute approximate surface area is 131 Å². The molecule has 5 heteroatoms. The number of rotatable bonds is 3. The van der Waals surface area contributed by atoms with Crippen molar-refractivity contribution in [3.8, 4) is 0 Å². The van der Waals surface area contributed by atoms with Crippen LogP contribution in [0.5, 0.6) is 0 Å². The molecule has 0 fully saturated rings. The Hall–Kier alpha value is -2.27. The van der Waals surface area contributed by atoms with E-state index in [1.807, 2.05) is 13.8 Å². The summed E-state index contributed by atoms with van der Waals surface area (Å²) in [5, 5.41) is 3.37. The number of hydrogen-bond donors (Lipinski definition) is 1. The summed E-state index contributed by atoms with van der Waals surface area (Å²) in [4.78, 5) is 16.5. The van der Waals surface area contributed by atoms with Crippen LogP contribution in [0.1, 0.15) is 16.7 Å². The molecular formula is C17H15FN2OS. The number of carbonyl (C=O) groups is 1. The van der Waals surface area contributed by atoms with Crippen LogP contribution in [0.15, 0.2) is 36.4 Å². The zero-order valence-electron chi connectivity index (χ0n) is 12.3. The Morgan fingerprint density at radius 2 is 2.09 bits per heavy atom. The van der Waals surface area contributed by atoms with Crippen molar-refractivity contribution in [2.75, 3.05) is 5.32 Å². The van der Waals surface area contributed by atoms with Crippen LogP contribution in [-0.2, 0) is 11.2 Å². The summed E-state index contributed by atoms with van der Waals surface area (Å²) in [7, 11) is 0. The highest BCUT2D eigenvalue weighted by Gasteiger charge is 2.10. The van der Waals surface area contributed by atoms with E-state index in [1.54, 1.807) is 12.1 Å². The van der Waals surface area contributed by atoms with Gasteiger partial charge in [0.2, 0.25) is 5.91 Å². The van der Waals surface area contributed by atoms with E-state index >= 15 is 0 Å². The van der Waals surface area contributed by atoms with Crippen molar-refractivity contribution in [3.63, 3.8) is 0 Å². The van der Waals surface area contributed by atoms with Crippen LogP contribution in [0.3, 0.4) is 0 Å². The molecule has 0 spiro atoms. The summed E-state index contributed by atoms with van der Waals surface area (Å²) in [5.74, 6) is -0.532. The lowest BCUT2D eigenvalue weighted by molar-refractivity contribution is -0.115. The smallest absolute Gasteiger partial charge is 0.230 e. The predicted molar refractivity (Wildman–Crippen MR) is 87.8 cm³/mol. The van der Waals surface area contributed by atoms with Gasteiger partial charge in [-0.05, 0) is 48.7 Å². The van der Waals surface area contributed by atoms with Crippen molar-refractivity contribution in [2.24, 2.45) is 0 Å². The minimum atomic E-state index is -0.337. The molecule has 3 nitrogen and oxygen atoms in total. The molecule has 2 aromatic carbocycles. The first-order valence-corrected chi connectivity index (χ1v) is 7.75. The van der Waals surface area contributed by atoms with Crippen molar-refractivity contribution in [1.29, 1.82) is 0 Å². The third kappa shape index (κ3) is 3.14. The number of halogens is 1. The first-order chi connectivity index (χ1) is 10.5. The Morgan fingerprint density at radius 1 is 1.27 bits per heavy atom. The lowest BCUT2D eigenvalue weighted by atomic mass is 10.1. The van der Waals surface area contributed by atoms with Crippen LogP contribution in [0.25, 0.3) is 10.2 Å². The lowest BCUT2D eigenvalue weighted by Crippen LogP contribution is -2.14. The number of thiazole rings is 1. The standard InChI is InChI=1S/C17H15FN2OS/c1-10-6-11(2)16-14(7-10)22-17(20-16)19-15(21)9-12-4-3-5-13(18)8-12/h3-8H,9H2,1-2H3,(H,19,20,21). The molecule has 0 radical (unpaired) electrons. The van der Waals surface area contributed by atoms with E-state index in [1.165, 1.54) is 29.0 Å². The maximum atomic E-state index is 13.1. The van der Waals surface area contributed by atoms with Crippen LogP contribution >= 0.6 is 11.3 Å². The molecule has 3 aromatic rings. The average molecular weight is 314 g/mol. The van der Waals surface area contributed by atoms with Gasteiger partial charge in [0.1, 0.15) is 5.82 Å². The molecule has 0 bridgehead atoms. The summed E-state index contributed by atoms with van der Waals surface area (Å²) in [5.41, 5.74) is 3.82. The molecule has 112 valence electrons.